The predicted molar refractivity (Wildman–Crippen MR) is 141 cm³/mol. The molecule has 11 heteroatoms. The van der Waals surface area contributed by atoms with E-state index in [9.17, 15) is 36.7 Å². The molecule has 2 aromatic carbocycles. The molecule has 0 bridgehead atoms. The molecule has 0 aromatic heterocycles. The van der Waals surface area contributed by atoms with E-state index in [0.717, 1.165) is 66.3 Å². The van der Waals surface area contributed by atoms with E-state index in [1.807, 2.05) is 12.1 Å². The lowest BCUT2D eigenvalue weighted by Gasteiger charge is -2.38. The van der Waals surface area contributed by atoms with Gasteiger partial charge in [0.05, 0.1) is 36.6 Å². The molecule has 4 rings (SSSR count). The Morgan fingerprint density at radius 3 is 2.44 bits per heavy atom. The monoisotopic (exact) mass is 567 g/mol. The maximum absolute atomic E-state index is 13.0. The first-order valence-corrected chi connectivity index (χ1v) is 14.8. The fourth-order valence-corrected chi connectivity index (χ4v) is 6.82. The number of ketones is 2. The highest BCUT2D eigenvalue weighted by molar-refractivity contribution is 8.25. The first kappa shape index (κ1) is 29.3. The van der Waals surface area contributed by atoms with Crippen molar-refractivity contribution in [3.8, 4) is 0 Å². The van der Waals surface area contributed by atoms with E-state index in [2.05, 4.69) is 18.4 Å². The van der Waals surface area contributed by atoms with Crippen LogP contribution >= 0.6 is 10.6 Å². The van der Waals surface area contributed by atoms with Crippen molar-refractivity contribution >= 4 is 28.1 Å². The third-order valence-electron chi connectivity index (χ3n) is 7.62. The van der Waals surface area contributed by atoms with Gasteiger partial charge in [-0.2, -0.15) is 23.8 Å². The summed E-state index contributed by atoms with van der Waals surface area (Å²) in [6.45, 7) is 3.21. The third-order valence-corrected chi connectivity index (χ3v) is 9.29. The van der Waals surface area contributed by atoms with Gasteiger partial charge in [0.25, 0.3) is 11.7 Å². The Labute approximate surface area is 227 Å². The van der Waals surface area contributed by atoms with Gasteiger partial charge in [-0.25, -0.2) is 0 Å². The molecule has 0 saturated carbocycles. The minimum Gasteiger partial charge on any atom is -0.342 e. The number of likely N-dealkylation sites (tertiary alicyclic amines) is 1. The van der Waals surface area contributed by atoms with Crippen LogP contribution in [0.2, 0.25) is 0 Å². The molecule has 1 saturated heterocycles. The number of aryl methyl sites for hydroxylation is 1. The molecule has 1 aliphatic heterocycles. The van der Waals surface area contributed by atoms with Crippen molar-refractivity contribution < 1.29 is 41.1 Å². The molecule has 1 amide bonds. The Bertz CT molecular complexity index is 1260. The number of hydrogen-bond acceptors (Lipinski definition) is 5. The lowest BCUT2D eigenvalue weighted by Crippen LogP contribution is -2.47. The van der Waals surface area contributed by atoms with Gasteiger partial charge in [0, 0.05) is 5.56 Å². The summed E-state index contributed by atoms with van der Waals surface area (Å²) in [5.41, 5.74) is 2.07. The molecule has 1 heterocycles. The van der Waals surface area contributed by atoms with Gasteiger partial charge >= 0.3 is 6.18 Å². The minimum absolute atomic E-state index is 0.476. The van der Waals surface area contributed by atoms with Gasteiger partial charge in [-0.05, 0) is 73.9 Å². The van der Waals surface area contributed by atoms with Crippen LogP contribution in [0.15, 0.2) is 47.4 Å². The minimum atomic E-state index is -4.73. The van der Waals surface area contributed by atoms with Crippen molar-refractivity contribution in [2.24, 2.45) is 0 Å². The van der Waals surface area contributed by atoms with Crippen LogP contribution in [-0.2, 0) is 33.5 Å². The second kappa shape index (κ2) is 11.4. The van der Waals surface area contributed by atoms with Crippen LogP contribution in [0, 0.1) is 0 Å². The molecular formula is C28H34F3N2O5S+. The second-order valence-electron chi connectivity index (χ2n) is 10.8. The van der Waals surface area contributed by atoms with Crippen LogP contribution in [-0.4, -0.2) is 57.0 Å². The van der Waals surface area contributed by atoms with E-state index < -0.39 is 56.5 Å². The first-order valence-electron chi connectivity index (χ1n) is 13.0. The maximum Gasteiger partial charge on any atom is 0.416 e. The lowest BCUT2D eigenvalue weighted by molar-refractivity contribution is -0.926. The number of quaternary nitrogens is 1. The van der Waals surface area contributed by atoms with Gasteiger partial charge in [-0.3, -0.25) is 23.5 Å². The number of nitrogens with zero attached hydrogens (tertiary/aromatic N) is 1. The molecule has 1 fully saturated rings. The van der Waals surface area contributed by atoms with Crippen LogP contribution < -0.4 is 5.32 Å². The van der Waals surface area contributed by atoms with Gasteiger partial charge in [0.2, 0.25) is 5.78 Å². The number of alkyl halides is 3. The number of nitrogens with one attached hydrogen (secondary N) is 1. The number of Topliss-reactive ketones (excluding diaryl/α,β-unsaturated/α-hetero) is 2. The van der Waals surface area contributed by atoms with E-state index >= 15 is 0 Å². The summed E-state index contributed by atoms with van der Waals surface area (Å²) in [7, 11) is -1.81. The molecule has 1 atom stereocenters. The van der Waals surface area contributed by atoms with Gasteiger partial charge in [-0.1, -0.05) is 18.2 Å². The van der Waals surface area contributed by atoms with Crippen molar-refractivity contribution in [2.45, 2.75) is 62.2 Å². The maximum atomic E-state index is 13.0. The standard InChI is InChI=1S/C28H33F3N2O5S/c1-33(13-3-2-4-14-33)17-19-11-12-23-20(15-19)7-5-10-24(23)32-27(36)26(35)25(34)18-39(37,38)22-9-6-8-21(16-22)28(29,30)31/h6,8-9,11-12,15-16,24H,2-5,7,10,13-14,17-18H2,1H3,(H2-,32,36,37,38)/p+1/t24-/m1/s1. The van der Waals surface area contributed by atoms with Gasteiger partial charge in [-0.15, -0.1) is 0 Å². The molecule has 2 aromatic rings. The number of carbonyl (C=O) groups is 3. The van der Waals surface area contributed by atoms with Crippen LogP contribution in [0.25, 0.3) is 0 Å². The number of rotatable bonds is 8. The van der Waals surface area contributed by atoms with Crippen molar-refractivity contribution in [2.75, 3.05) is 25.9 Å². The average Bonchev–Trinajstić information content (AvgIpc) is 2.87. The van der Waals surface area contributed by atoms with Crippen molar-refractivity contribution in [3.05, 3.63) is 64.7 Å². The van der Waals surface area contributed by atoms with Gasteiger partial charge in [0.15, 0.2) is 0 Å². The Hall–Kier alpha value is -2.73. The van der Waals surface area contributed by atoms with E-state index in [0.29, 0.717) is 12.5 Å². The smallest absolute Gasteiger partial charge is 0.342 e. The third kappa shape index (κ3) is 7.08. The number of halogens is 3. The van der Waals surface area contributed by atoms with Crippen LogP contribution in [0.1, 0.15) is 60.4 Å². The molecule has 212 valence electrons. The van der Waals surface area contributed by atoms with E-state index in [1.165, 1.54) is 24.8 Å². The van der Waals surface area contributed by atoms with Crippen molar-refractivity contribution in [1.29, 1.82) is 0 Å². The SMILES string of the molecule is C[N+]1(Cc2ccc3c(c2)CCC[C@H]3NC(=O)C(=O)C(=O)CS(O)(O)c2cccc(C(F)(F)F)c2)CCCCC1. The second-order valence-corrected chi connectivity index (χ2v) is 12.9. The molecule has 0 unspecified atom stereocenters. The summed E-state index contributed by atoms with van der Waals surface area (Å²) >= 11 is 0. The molecule has 2 aliphatic rings. The summed E-state index contributed by atoms with van der Waals surface area (Å²) in [5.74, 6) is -5.20. The largest absolute Gasteiger partial charge is 0.416 e. The van der Waals surface area contributed by atoms with Crippen molar-refractivity contribution in [1.82, 2.24) is 5.32 Å². The summed E-state index contributed by atoms with van der Waals surface area (Å²) in [5, 5.41) is 2.60. The first-order chi connectivity index (χ1) is 18.3. The number of carbonyl (C=O) groups excluding carboxylic acids is 3. The number of amides is 1. The molecular weight excluding hydrogens is 533 g/mol. The Kier molecular flexibility index (Phi) is 8.55. The zero-order chi connectivity index (χ0) is 28.4. The fraction of sp³-hybridized carbons (Fsp3) is 0.464. The summed E-state index contributed by atoms with van der Waals surface area (Å²) in [4.78, 5) is 37.1. The molecule has 7 nitrogen and oxygen atoms in total. The van der Waals surface area contributed by atoms with Crippen LogP contribution in [0.3, 0.4) is 0 Å². The number of piperidine rings is 1. The molecule has 0 spiro atoms. The number of benzene rings is 2. The van der Waals surface area contributed by atoms with Gasteiger partial charge < -0.3 is 9.80 Å². The summed E-state index contributed by atoms with van der Waals surface area (Å²) < 4.78 is 60.7. The van der Waals surface area contributed by atoms with Gasteiger partial charge in [0.1, 0.15) is 12.3 Å². The predicted octanol–water partition coefficient (Wildman–Crippen LogP) is 5.28. The number of fused-ring (bicyclic) bond motifs is 1. The molecule has 3 N–H and O–H groups in total. The highest BCUT2D eigenvalue weighted by Crippen LogP contribution is 2.49. The normalized spacial score (nSPS) is 19.6. The summed E-state index contributed by atoms with van der Waals surface area (Å²) in [6, 6.07) is 8.96. The molecule has 0 radical (unpaired) electrons. The van der Waals surface area contributed by atoms with Crippen LogP contribution in [0.5, 0.6) is 0 Å². The Morgan fingerprint density at radius 2 is 1.74 bits per heavy atom. The molecule has 39 heavy (non-hydrogen) atoms. The van der Waals surface area contributed by atoms with E-state index in [1.54, 1.807) is 0 Å². The molecule has 1 aliphatic carbocycles. The zero-order valence-corrected chi connectivity index (χ0v) is 22.6. The topological polar surface area (TPSA) is 104 Å². The lowest BCUT2D eigenvalue weighted by atomic mass is 9.86. The number of hydrogen-bond donors (Lipinski definition) is 3. The highest BCUT2D eigenvalue weighted by Gasteiger charge is 2.35. The van der Waals surface area contributed by atoms with Crippen LogP contribution in [0.4, 0.5) is 13.2 Å². The van der Waals surface area contributed by atoms with Crippen molar-refractivity contribution in [3.63, 3.8) is 0 Å². The fourth-order valence-electron chi connectivity index (χ4n) is 5.55. The van der Waals surface area contributed by atoms with E-state index in [-0.39, 0.29) is 0 Å². The Morgan fingerprint density at radius 1 is 1.03 bits per heavy atom. The summed E-state index contributed by atoms with van der Waals surface area (Å²) in [6.07, 6.45) is 1.18. The zero-order valence-electron chi connectivity index (χ0n) is 21.8. The highest BCUT2D eigenvalue weighted by atomic mass is 32.3. The van der Waals surface area contributed by atoms with E-state index in [4.69, 9.17) is 0 Å². The average molecular weight is 568 g/mol. The Balaban J connectivity index is 1.41. The quantitative estimate of drug-likeness (QED) is 0.229.